The topological polar surface area (TPSA) is 41.9 Å². The zero-order valence-corrected chi connectivity index (χ0v) is 13.6. The largest absolute Gasteiger partial charge is 0.391 e. The molecular weight excluding hydrogens is 266 g/mol. The van der Waals surface area contributed by atoms with Crippen molar-refractivity contribution in [2.45, 2.75) is 69.6 Å². The Morgan fingerprint density at radius 1 is 1.29 bits per heavy atom. The highest BCUT2D eigenvalue weighted by Crippen LogP contribution is 2.46. The van der Waals surface area contributed by atoms with Gasteiger partial charge >= 0.3 is 0 Å². The third-order valence-electron chi connectivity index (χ3n) is 6.33. The van der Waals surface area contributed by atoms with Gasteiger partial charge in [0, 0.05) is 25.2 Å². The third kappa shape index (κ3) is 2.88. The predicted molar refractivity (Wildman–Crippen MR) is 82.4 cm³/mol. The first-order chi connectivity index (χ1) is 10.1. The number of rotatable bonds is 4. The Morgan fingerprint density at radius 3 is 2.57 bits per heavy atom. The maximum Gasteiger partial charge on any atom is 0.0751 e. The van der Waals surface area contributed by atoms with E-state index in [4.69, 9.17) is 9.47 Å². The molecule has 1 spiro atoms. The molecule has 0 bridgehead atoms. The van der Waals surface area contributed by atoms with Crippen LogP contribution < -0.4 is 0 Å². The van der Waals surface area contributed by atoms with E-state index < -0.39 is 0 Å². The van der Waals surface area contributed by atoms with Gasteiger partial charge in [0.25, 0.3) is 0 Å². The van der Waals surface area contributed by atoms with Crippen LogP contribution in [0.4, 0.5) is 0 Å². The molecule has 3 atom stereocenters. The van der Waals surface area contributed by atoms with Crippen LogP contribution in [-0.4, -0.2) is 60.2 Å². The summed E-state index contributed by atoms with van der Waals surface area (Å²) >= 11 is 0. The molecule has 1 N–H and O–H groups in total. The van der Waals surface area contributed by atoms with Crippen LogP contribution in [0.3, 0.4) is 0 Å². The highest BCUT2D eigenvalue weighted by atomic mass is 16.5. The minimum atomic E-state index is -0.262. The van der Waals surface area contributed by atoms with Crippen molar-refractivity contribution >= 4 is 0 Å². The molecule has 3 fully saturated rings. The molecule has 122 valence electrons. The molecule has 3 rings (SSSR count). The SMILES string of the molecule is CCC(C)(C(O)C1CCOC2(CCC2)C1)N1CCOCC1. The second-order valence-corrected chi connectivity index (χ2v) is 7.39. The highest BCUT2D eigenvalue weighted by molar-refractivity contribution is 5.01. The number of hydrogen-bond acceptors (Lipinski definition) is 4. The van der Waals surface area contributed by atoms with Gasteiger partial charge in [-0.3, -0.25) is 4.90 Å². The van der Waals surface area contributed by atoms with Crippen molar-refractivity contribution in [3.05, 3.63) is 0 Å². The lowest BCUT2D eigenvalue weighted by Crippen LogP contribution is -2.61. The molecule has 4 nitrogen and oxygen atoms in total. The quantitative estimate of drug-likeness (QED) is 0.864. The Balaban J connectivity index is 1.69. The minimum absolute atomic E-state index is 0.115. The van der Waals surface area contributed by atoms with E-state index in [2.05, 4.69) is 18.7 Å². The molecule has 4 heteroatoms. The smallest absolute Gasteiger partial charge is 0.0751 e. The van der Waals surface area contributed by atoms with Crippen LogP contribution in [0.5, 0.6) is 0 Å². The molecular formula is C17H31NO3. The summed E-state index contributed by atoms with van der Waals surface area (Å²) < 4.78 is 11.5. The van der Waals surface area contributed by atoms with E-state index in [0.717, 1.165) is 52.2 Å². The molecule has 0 aromatic rings. The number of morpholine rings is 1. The first-order valence-electron chi connectivity index (χ1n) is 8.74. The van der Waals surface area contributed by atoms with Gasteiger partial charge in [-0.15, -0.1) is 0 Å². The minimum Gasteiger partial charge on any atom is -0.391 e. The third-order valence-corrected chi connectivity index (χ3v) is 6.33. The molecule has 1 saturated carbocycles. The Bertz CT molecular complexity index is 352. The molecule has 2 heterocycles. The zero-order chi connectivity index (χ0) is 14.9. The molecule has 0 radical (unpaired) electrons. The van der Waals surface area contributed by atoms with Gasteiger partial charge in [-0.05, 0) is 51.4 Å². The summed E-state index contributed by atoms with van der Waals surface area (Å²) in [6, 6.07) is 0. The van der Waals surface area contributed by atoms with Crippen molar-refractivity contribution in [3.8, 4) is 0 Å². The average molecular weight is 297 g/mol. The Morgan fingerprint density at radius 2 is 2.00 bits per heavy atom. The lowest BCUT2D eigenvalue weighted by atomic mass is 9.68. The molecule has 2 aliphatic heterocycles. The fourth-order valence-electron chi connectivity index (χ4n) is 4.46. The van der Waals surface area contributed by atoms with Crippen molar-refractivity contribution in [3.63, 3.8) is 0 Å². The maximum atomic E-state index is 11.2. The van der Waals surface area contributed by atoms with E-state index in [-0.39, 0.29) is 17.2 Å². The summed E-state index contributed by atoms with van der Waals surface area (Å²) in [5.41, 5.74) is -0.0136. The van der Waals surface area contributed by atoms with Crippen molar-refractivity contribution in [2.75, 3.05) is 32.9 Å². The van der Waals surface area contributed by atoms with E-state index in [1.54, 1.807) is 0 Å². The van der Waals surface area contributed by atoms with E-state index >= 15 is 0 Å². The van der Waals surface area contributed by atoms with Crippen LogP contribution in [0.15, 0.2) is 0 Å². The van der Waals surface area contributed by atoms with Gasteiger partial charge in [0.2, 0.25) is 0 Å². The molecule has 3 unspecified atom stereocenters. The number of nitrogens with zero attached hydrogens (tertiary/aromatic N) is 1. The summed E-state index contributed by atoms with van der Waals surface area (Å²) in [6.45, 7) is 8.74. The lowest BCUT2D eigenvalue weighted by Gasteiger charge is -2.53. The predicted octanol–water partition coefficient (Wildman–Crippen LogP) is 2.20. The average Bonchev–Trinajstić information content (AvgIpc) is 2.53. The number of hydrogen-bond donors (Lipinski definition) is 1. The van der Waals surface area contributed by atoms with Crippen LogP contribution in [0.1, 0.15) is 52.4 Å². The summed E-state index contributed by atoms with van der Waals surface area (Å²) in [4.78, 5) is 2.45. The summed E-state index contributed by atoms with van der Waals surface area (Å²) in [7, 11) is 0. The first-order valence-corrected chi connectivity index (χ1v) is 8.74. The van der Waals surface area contributed by atoms with Gasteiger partial charge in [0.1, 0.15) is 0 Å². The fourth-order valence-corrected chi connectivity index (χ4v) is 4.46. The molecule has 3 aliphatic rings. The van der Waals surface area contributed by atoms with E-state index in [1.165, 1.54) is 19.3 Å². The normalized spacial score (nSPS) is 34.1. The van der Waals surface area contributed by atoms with Crippen LogP contribution in [-0.2, 0) is 9.47 Å². The van der Waals surface area contributed by atoms with Gasteiger partial charge in [0.05, 0.1) is 24.9 Å². The number of ether oxygens (including phenoxy) is 2. The molecule has 1 aliphatic carbocycles. The molecule has 0 aromatic heterocycles. The maximum absolute atomic E-state index is 11.2. The molecule has 0 aromatic carbocycles. The standard InChI is InChI=1S/C17H31NO3/c1-3-16(2,18-8-11-20-12-9-18)15(19)14-5-10-21-17(13-14)6-4-7-17/h14-15,19H,3-13H2,1-2H3. The first kappa shape index (κ1) is 15.7. The van der Waals surface area contributed by atoms with Crippen LogP contribution in [0, 0.1) is 5.92 Å². The molecule has 21 heavy (non-hydrogen) atoms. The van der Waals surface area contributed by atoms with E-state index in [9.17, 15) is 5.11 Å². The Labute approximate surface area is 128 Å². The van der Waals surface area contributed by atoms with Gasteiger partial charge in [-0.25, -0.2) is 0 Å². The summed E-state index contributed by atoms with van der Waals surface area (Å²) in [5.74, 6) is 0.381. The van der Waals surface area contributed by atoms with Gasteiger partial charge in [0.15, 0.2) is 0 Å². The zero-order valence-electron chi connectivity index (χ0n) is 13.6. The van der Waals surface area contributed by atoms with Crippen LogP contribution in [0.2, 0.25) is 0 Å². The Hall–Kier alpha value is -0.160. The highest BCUT2D eigenvalue weighted by Gasteiger charge is 2.48. The monoisotopic (exact) mass is 297 g/mol. The van der Waals surface area contributed by atoms with Crippen LogP contribution >= 0.6 is 0 Å². The van der Waals surface area contributed by atoms with E-state index in [1.807, 2.05) is 0 Å². The van der Waals surface area contributed by atoms with Crippen molar-refractivity contribution in [2.24, 2.45) is 5.92 Å². The Kier molecular flexibility index (Phi) is 4.60. The van der Waals surface area contributed by atoms with Crippen molar-refractivity contribution in [1.29, 1.82) is 0 Å². The van der Waals surface area contributed by atoms with Crippen molar-refractivity contribution in [1.82, 2.24) is 4.90 Å². The fraction of sp³-hybridized carbons (Fsp3) is 1.00. The summed E-state index contributed by atoms with van der Waals surface area (Å²) in [5, 5.41) is 11.2. The van der Waals surface area contributed by atoms with Gasteiger partial charge < -0.3 is 14.6 Å². The lowest BCUT2D eigenvalue weighted by molar-refractivity contribution is -0.174. The number of aliphatic hydroxyl groups excluding tert-OH is 1. The van der Waals surface area contributed by atoms with Gasteiger partial charge in [-0.2, -0.15) is 0 Å². The molecule has 0 amide bonds. The number of aliphatic hydroxyl groups is 1. The summed E-state index contributed by atoms with van der Waals surface area (Å²) in [6.07, 6.45) is 6.45. The van der Waals surface area contributed by atoms with Gasteiger partial charge in [-0.1, -0.05) is 6.92 Å². The van der Waals surface area contributed by atoms with E-state index in [0.29, 0.717) is 5.92 Å². The second kappa shape index (κ2) is 6.15. The van der Waals surface area contributed by atoms with Crippen LogP contribution in [0.25, 0.3) is 0 Å². The second-order valence-electron chi connectivity index (χ2n) is 7.39. The van der Waals surface area contributed by atoms with Crippen molar-refractivity contribution < 1.29 is 14.6 Å². The molecule has 2 saturated heterocycles.